The molecule has 3 aliphatic heterocycles. The quantitative estimate of drug-likeness (QED) is 0.0336. The smallest absolute Gasteiger partial charge is 0.408 e. The van der Waals surface area contributed by atoms with Crippen molar-refractivity contribution in [3.05, 3.63) is 141 Å². The zero-order chi connectivity index (χ0) is 46.6. The Hall–Kier alpha value is -6.22. The van der Waals surface area contributed by atoms with E-state index in [-0.39, 0.29) is 43.1 Å². The fourth-order valence-corrected chi connectivity index (χ4v) is 10.0. The molecule has 5 aromatic rings. The Labute approximate surface area is 391 Å². The number of piperidine rings is 3. The van der Waals surface area contributed by atoms with Gasteiger partial charge in [0.15, 0.2) is 0 Å². The number of amides is 2. The molecule has 4 aliphatic rings. The topological polar surface area (TPSA) is 192 Å². The number of fused-ring (bicyclic) bond motifs is 4. The number of benzene rings is 4. The number of hydrogen-bond acceptors (Lipinski definition) is 11. The van der Waals surface area contributed by atoms with Crippen molar-refractivity contribution in [3.8, 4) is 11.5 Å². The number of nitrogens with one attached hydrogen (secondary N) is 4. The lowest BCUT2D eigenvalue weighted by Crippen LogP contribution is -2.52. The molecule has 3 atom stereocenters. The van der Waals surface area contributed by atoms with Gasteiger partial charge >= 0.3 is 12.1 Å². The first kappa shape index (κ1) is 47.3. The zero-order valence-electron chi connectivity index (χ0n) is 38.1. The van der Waals surface area contributed by atoms with E-state index in [0.717, 1.165) is 94.1 Å². The number of H-pyrrole nitrogens is 1. The Morgan fingerprint density at radius 2 is 1.63 bits per heavy atom. The minimum atomic E-state index is -0.854. The van der Waals surface area contributed by atoms with Crippen LogP contribution in [-0.2, 0) is 20.9 Å². The van der Waals surface area contributed by atoms with E-state index < -0.39 is 29.6 Å². The van der Waals surface area contributed by atoms with E-state index in [1.807, 2.05) is 66.7 Å². The third-order valence-corrected chi connectivity index (χ3v) is 13.8. The van der Waals surface area contributed by atoms with Gasteiger partial charge < -0.3 is 45.4 Å². The number of carbonyl (C=O) groups excluding carboxylic acids is 3. The van der Waals surface area contributed by atoms with Gasteiger partial charge in [-0.25, -0.2) is 9.59 Å². The van der Waals surface area contributed by atoms with Gasteiger partial charge in [-0.15, -0.1) is 0 Å². The van der Waals surface area contributed by atoms with Crippen molar-refractivity contribution < 1.29 is 38.8 Å². The first-order chi connectivity index (χ1) is 32.6. The van der Waals surface area contributed by atoms with Crippen molar-refractivity contribution >= 4 is 28.9 Å². The number of aliphatic hydroxyl groups excluding tert-OH is 1. The Kier molecular flexibility index (Phi) is 15.9. The van der Waals surface area contributed by atoms with Gasteiger partial charge in [-0.1, -0.05) is 79.9 Å². The molecule has 354 valence electrons. The number of rotatable bonds is 20. The lowest BCUT2D eigenvalue weighted by atomic mass is 9.70. The zero-order valence-corrected chi connectivity index (χ0v) is 38.1. The van der Waals surface area contributed by atoms with E-state index in [1.54, 1.807) is 24.3 Å². The number of nitrogens with zero attached hydrogens (tertiary/aromatic N) is 1. The Morgan fingerprint density at radius 3 is 2.39 bits per heavy atom. The summed E-state index contributed by atoms with van der Waals surface area (Å²) in [7, 11) is 0. The van der Waals surface area contributed by atoms with Crippen LogP contribution in [0, 0.1) is 11.3 Å². The average molecular weight is 914 g/mol. The molecule has 14 nitrogen and oxygen atoms in total. The van der Waals surface area contributed by atoms with Crippen molar-refractivity contribution in [3.63, 3.8) is 0 Å². The molecule has 67 heavy (non-hydrogen) atoms. The number of aromatic hydroxyl groups is 1. The van der Waals surface area contributed by atoms with Gasteiger partial charge in [0.05, 0.1) is 29.8 Å². The van der Waals surface area contributed by atoms with Crippen LogP contribution in [0.5, 0.6) is 11.5 Å². The summed E-state index contributed by atoms with van der Waals surface area (Å²) in [5.74, 6) is 0.604. The number of aliphatic hydroxyl groups is 1. The molecule has 2 bridgehead atoms. The normalized spacial score (nSPS) is 19.5. The number of ether oxygens (including phenoxy) is 3. The molecule has 2 amide bonds. The molecule has 0 unspecified atom stereocenters. The number of alkyl carbamates (subject to hydrolysis) is 1. The first-order valence-corrected chi connectivity index (χ1v) is 23.9. The van der Waals surface area contributed by atoms with Crippen molar-refractivity contribution in [1.82, 2.24) is 25.8 Å². The predicted octanol–water partition coefficient (Wildman–Crippen LogP) is 7.44. The highest BCUT2D eigenvalue weighted by Gasteiger charge is 2.39. The van der Waals surface area contributed by atoms with Gasteiger partial charge in [-0.2, -0.15) is 0 Å². The first-order valence-electron chi connectivity index (χ1n) is 23.9. The fourth-order valence-electron chi connectivity index (χ4n) is 10.0. The van der Waals surface area contributed by atoms with Gasteiger partial charge in [0, 0.05) is 36.5 Å². The fraction of sp³-hybridized carbons (Fsp3) is 0.434. The minimum Gasteiger partial charge on any atom is -0.506 e. The summed E-state index contributed by atoms with van der Waals surface area (Å²) < 4.78 is 17.7. The van der Waals surface area contributed by atoms with Crippen LogP contribution < -0.4 is 26.2 Å². The van der Waals surface area contributed by atoms with Crippen LogP contribution in [0.2, 0.25) is 0 Å². The molecule has 1 aromatic heterocycles. The number of esters is 1. The van der Waals surface area contributed by atoms with Crippen LogP contribution in [0.25, 0.3) is 10.9 Å². The van der Waals surface area contributed by atoms with Crippen LogP contribution in [0.4, 0.5) is 4.79 Å². The van der Waals surface area contributed by atoms with Crippen LogP contribution in [0.3, 0.4) is 0 Å². The Bertz CT molecular complexity index is 2500. The van der Waals surface area contributed by atoms with E-state index in [4.69, 9.17) is 14.2 Å². The molecule has 1 saturated carbocycles. The van der Waals surface area contributed by atoms with Gasteiger partial charge in [0.2, 0.25) is 11.5 Å². The number of hydrogen-bond donors (Lipinski definition) is 6. The summed E-state index contributed by atoms with van der Waals surface area (Å²) in [6.45, 7) is 4.67. The lowest BCUT2D eigenvalue weighted by Gasteiger charge is -2.43. The summed E-state index contributed by atoms with van der Waals surface area (Å²) in [5.41, 5.74) is 3.21. The molecule has 4 aromatic carbocycles. The van der Waals surface area contributed by atoms with E-state index in [9.17, 15) is 29.4 Å². The summed E-state index contributed by atoms with van der Waals surface area (Å²) in [6.07, 6.45) is 7.46. The summed E-state index contributed by atoms with van der Waals surface area (Å²) in [5, 5.41) is 31.2. The average Bonchev–Trinajstić information content (AvgIpc) is 3.36. The Morgan fingerprint density at radius 1 is 0.851 bits per heavy atom. The Balaban J connectivity index is 0.753. The molecule has 9 rings (SSSR count). The minimum absolute atomic E-state index is 0.0416. The third kappa shape index (κ3) is 12.2. The van der Waals surface area contributed by atoms with Crippen LogP contribution >= 0.6 is 0 Å². The highest BCUT2D eigenvalue weighted by atomic mass is 16.6. The van der Waals surface area contributed by atoms with Crippen LogP contribution in [0.15, 0.2) is 108 Å². The number of pyridine rings is 1. The standard InChI is InChI=1S/C53H63N5O9/c59-44-20-18-42(43-19-21-47(61)56-49(43)44)45(60)33-54-27-8-26-53(24-5-2-6-25-53)51(63)55-28-9-31-65-50(62)39-16-14-36(15-17-39)35-66-41-13-7-12-40(32-41)48(38-10-3-1-4-11-38)57-52(64)67-46-34-58-29-22-37(46)23-30-58/h1,3-4,7,10-21,32,37,45-46,48,54,59-60H,2,5-6,8-9,22-31,33-35H2,(H,55,63)(H,56,61)(H,57,64)/t45-,46-,48-/m0/s1. The molecular formula is C53H63N5O9. The number of aromatic amines is 1. The predicted molar refractivity (Wildman–Crippen MR) is 255 cm³/mol. The molecular weight excluding hydrogens is 851 g/mol. The van der Waals surface area contributed by atoms with Gasteiger partial charge in [0.1, 0.15) is 24.2 Å². The molecule has 4 fully saturated rings. The van der Waals surface area contributed by atoms with E-state index >= 15 is 0 Å². The third-order valence-electron chi connectivity index (χ3n) is 13.8. The van der Waals surface area contributed by atoms with Crippen molar-refractivity contribution in [1.29, 1.82) is 0 Å². The molecule has 3 saturated heterocycles. The van der Waals surface area contributed by atoms with E-state index in [0.29, 0.717) is 53.2 Å². The van der Waals surface area contributed by atoms with E-state index in [2.05, 4.69) is 25.8 Å². The van der Waals surface area contributed by atoms with Crippen molar-refractivity contribution in [2.24, 2.45) is 11.3 Å². The van der Waals surface area contributed by atoms with Crippen LogP contribution in [0.1, 0.15) is 109 Å². The molecule has 0 radical (unpaired) electrons. The summed E-state index contributed by atoms with van der Waals surface area (Å²) >= 11 is 0. The number of carbonyl (C=O) groups is 3. The maximum atomic E-state index is 13.6. The van der Waals surface area contributed by atoms with Crippen molar-refractivity contribution in [2.75, 3.05) is 45.9 Å². The highest BCUT2D eigenvalue weighted by molar-refractivity contribution is 5.89. The molecule has 4 heterocycles. The SMILES string of the molecule is O=C(N[C@@H](c1ccccc1)c1cccc(OCc2ccc(C(=O)OCCCNC(=O)C3(CCCNC[C@H](O)c4ccc(O)c5[nH]c(=O)ccc45)CCCCC3)cc2)c1)O[C@H]1CN2CCC1CC2. The number of aromatic nitrogens is 1. The van der Waals surface area contributed by atoms with Crippen molar-refractivity contribution in [2.45, 2.75) is 89.1 Å². The van der Waals surface area contributed by atoms with Gasteiger partial charge in [0.25, 0.3) is 0 Å². The second-order valence-corrected chi connectivity index (χ2v) is 18.3. The molecule has 1 aliphatic carbocycles. The lowest BCUT2D eigenvalue weighted by molar-refractivity contribution is -0.133. The molecule has 14 heteroatoms. The maximum Gasteiger partial charge on any atom is 0.408 e. The maximum absolute atomic E-state index is 13.6. The summed E-state index contributed by atoms with van der Waals surface area (Å²) in [6, 6.07) is 30.3. The number of phenolic OH excluding ortho intramolecular Hbond substituents is 1. The molecule has 0 spiro atoms. The monoisotopic (exact) mass is 913 g/mol. The second kappa shape index (κ2) is 22.5. The highest BCUT2D eigenvalue weighted by Crippen LogP contribution is 2.40. The van der Waals surface area contributed by atoms with Gasteiger partial charge in [-0.05, 0) is 129 Å². The molecule has 6 N–H and O–H groups in total. The van der Waals surface area contributed by atoms with E-state index in [1.165, 1.54) is 12.1 Å². The number of phenols is 1. The van der Waals surface area contributed by atoms with Crippen LogP contribution in [-0.4, -0.2) is 90.0 Å². The van der Waals surface area contributed by atoms with Gasteiger partial charge in [-0.3, -0.25) is 14.5 Å². The summed E-state index contributed by atoms with van der Waals surface area (Å²) in [4.78, 5) is 56.6. The largest absolute Gasteiger partial charge is 0.506 e. The second-order valence-electron chi connectivity index (χ2n) is 18.3.